The van der Waals surface area contributed by atoms with Crippen molar-refractivity contribution in [2.45, 2.75) is 40.2 Å². The van der Waals surface area contributed by atoms with Crippen molar-refractivity contribution >= 4 is 5.82 Å². The highest BCUT2D eigenvalue weighted by molar-refractivity contribution is 5.38. The molecule has 0 amide bonds. The lowest BCUT2D eigenvalue weighted by molar-refractivity contribution is 0.328. The van der Waals surface area contributed by atoms with Crippen LogP contribution in [-0.4, -0.2) is 16.3 Å². The molecule has 0 radical (unpaired) electrons. The second-order valence-corrected chi connectivity index (χ2v) is 5.17. The summed E-state index contributed by atoms with van der Waals surface area (Å²) in [5.41, 5.74) is 12.8. The summed E-state index contributed by atoms with van der Waals surface area (Å²) < 4.78 is 1.88. The number of rotatable bonds is 4. The fraction of sp³-hybridized carbons (Fsp3) is 0.727. The third-order valence-electron chi connectivity index (χ3n) is 2.23. The zero-order valence-electron chi connectivity index (χ0n) is 9.95. The molecule has 1 aromatic heterocycles. The Labute approximate surface area is 91.6 Å². The summed E-state index contributed by atoms with van der Waals surface area (Å²) in [6.45, 7) is 8.07. The summed E-state index contributed by atoms with van der Waals surface area (Å²) >= 11 is 0. The first-order valence-corrected chi connectivity index (χ1v) is 5.44. The molecular formula is C11H22N4. The summed E-state index contributed by atoms with van der Waals surface area (Å²) in [6, 6.07) is 0. The zero-order valence-corrected chi connectivity index (χ0v) is 9.95. The molecule has 0 aromatic carbocycles. The summed E-state index contributed by atoms with van der Waals surface area (Å²) in [4.78, 5) is 0. The smallest absolute Gasteiger partial charge is 0.124 e. The third-order valence-corrected chi connectivity index (χ3v) is 2.23. The van der Waals surface area contributed by atoms with E-state index in [-0.39, 0.29) is 5.41 Å². The van der Waals surface area contributed by atoms with Crippen molar-refractivity contribution in [2.75, 3.05) is 12.3 Å². The zero-order chi connectivity index (χ0) is 11.5. The van der Waals surface area contributed by atoms with Crippen LogP contribution in [0, 0.1) is 5.41 Å². The molecular weight excluding hydrogens is 188 g/mol. The Morgan fingerprint density at radius 2 is 2.07 bits per heavy atom. The molecule has 0 aliphatic carbocycles. The molecule has 4 heteroatoms. The molecule has 4 N–H and O–H groups in total. The van der Waals surface area contributed by atoms with Crippen molar-refractivity contribution in [3.63, 3.8) is 0 Å². The van der Waals surface area contributed by atoms with Crippen molar-refractivity contribution < 1.29 is 0 Å². The molecule has 0 spiro atoms. The molecule has 1 heterocycles. The highest BCUT2D eigenvalue weighted by Crippen LogP contribution is 2.20. The van der Waals surface area contributed by atoms with Crippen molar-refractivity contribution in [3.8, 4) is 0 Å². The second-order valence-electron chi connectivity index (χ2n) is 5.17. The van der Waals surface area contributed by atoms with Crippen LogP contribution < -0.4 is 11.5 Å². The molecule has 0 atom stereocenters. The van der Waals surface area contributed by atoms with E-state index < -0.39 is 0 Å². The van der Waals surface area contributed by atoms with Crippen LogP contribution in [0.25, 0.3) is 0 Å². The van der Waals surface area contributed by atoms with E-state index in [1.807, 2.05) is 10.9 Å². The Bertz CT molecular complexity index is 309. The van der Waals surface area contributed by atoms with Gasteiger partial charge in [-0.25, -0.2) is 4.68 Å². The largest absolute Gasteiger partial charge is 0.384 e. The molecule has 0 saturated carbocycles. The van der Waals surface area contributed by atoms with Crippen molar-refractivity contribution in [3.05, 3.63) is 11.8 Å². The number of nitrogens with two attached hydrogens (primary N) is 2. The normalized spacial score (nSPS) is 12.0. The molecule has 15 heavy (non-hydrogen) atoms. The van der Waals surface area contributed by atoms with Crippen LogP contribution in [0.1, 0.15) is 32.8 Å². The minimum Gasteiger partial charge on any atom is -0.384 e. The topological polar surface area (TPSA) is 69.9 Å². The van der Waals surface area contributed by atoms with E-state index in [0.717, 1.165) is 30.8 Å². The molecule has 4 nitrogen and oxygen atoms in total. The number of anilines is 1. The van der Waals surface area contributed by atoms with Crippen molar-refractivity contribution in [1.29, 1.82) is 0 Å². The van der Waals surface area contributed by atoms with E-state index in [1.54, 1.807) is 0 Å². The third kappa shape index (κ3) is 3.55. The lowest BCUT2D eigenvalue weighted by Gasteiger charge is -2.18. The first-order chi connectivity index (χ1) is 6.94. The predicted molar refractivity (Wildman–Crippen MR) is 63.5 cm³/mol. The maximum absolute atomic E-state index is 6.01. The number of nitrogen functional groups attached to an aromatic ring is 1. The van der Waals surface area contributed by atoms with Crippen LogP contribution in [0.5, 0.6) is 0 Å². The van der Waals surface area contributed by atoms with Gasteiger partial charge in [0, 0.05) is 12.1 Å². The van der Waals surface area contributed by atoms with Crippen LogP contribution >= 0.6 is 0 Å². The van der Waals surface area contributed by atoms with E-state index in [2.05, 4.69) is 25.9 Å². The number of aryl methyl sites for hydroxylation is 1. The van der Waals surface area contributed by atoms with Gasteiger partial charge in [0.05, 0.1) is 6.20 Å². The van der Waals surface area contributed by atoms with E-state index >= 15 is 0 Å². The van der Waals surface area contributed by atoms with Crippen LogP contribution in [0.15, 0.2) is 6.20 Å². The number of nitrogens with zero attached hydrogens (tertiary/aromatic N) is 2. The van der Waals surface area contributed by atoms with Crippen LogP contribution in [0.3, 0.4) is 0 Å². The van der Waals surface area contributed by atoms with Gasteiger partial charge in [0.25, 0.3) is 0 Å². The molecule has 0 unspecified atom stereocenters. The van der Waals surface area contributed by atoms with E-state index in [1.165, 1.54) is 0 Å². The Kier molecular flexibility index (Phi) is 3.74. The summed E-state index contributed by atoms with van der Waals surface area (Å²) in [7, 11) is 0. The van der Waals surface area contributed by atoms with Gasteiger partial charge in [0.15, 0.2) is 0 Å². The van der Waals surface area contributed by atoms with Crippen LogP contribution in [-0.2, 0) is 13.0 Å². The SMILES string of the molecule is CC(C)(C)Cn1ncc(CCCN)c1N. The van der Waals surface area contributed by atoms with Gasteiger partial charge < -0.3 is 11.5 Å². The van der Waals surface area contributed by atoms with Crippen LogP contribution in [0.2, 0.25) is 0 Å². The van der Waals surface area contributed by atoms with Crippen LogP contribution in [0.4, 0.5) is 5.82 Å². The number of hydrogen-bond donors (Lipinski definition) is 2. The summed E-state index contributed by atoms with van der Waals surface area (Å²) in [5.74, 6) is 0.790. The Hall–Kier alpha value is -1.03. The highest BCUT2D eigenvalue weighted by Gasteiger charge is 2.15. The molecule has 86 valence electrons. The lowest BCUT2D eigenvalue weighted by Crippen LogP contribution is -2.18. The molecule has 0 aliphatic rings. The van der Waals surface area contributed by atoms with Gasteiger partial charge in [-0.2, -0.15) is 5.10 Å². The monoisotopic (exact) mass is 210 g/mol. The molecule has 0 bridgehead atoms. The van der Waals surface area contributed by atoms with E-state index in [4.69, 9.17) is 11.5 Å². The Morgan fingerprint density at radius 3 is 2.60 bits per heavy atom. The minimum atomic E-state index is 0.200. The first-order valence-electron chi connectivity index (χ1n) is 5.44. The average molecular weight is 210 g/mol. The van der Waals surface area contributed by atoms with Crippen molar-refractivity contribution in [1.82, 2.24) is 9.78 Å². The number of hydrogen-bond acceptors (Lipinski definition) is 3. The molecule has 1 rings (SSSR count). The molecule has 0 fully saturated rings. The predicted octanol–water partition coefficient (Wildman–Crippen LogP) is 1.40. The first kappa shape index (κ1) is 12.0. The van der Waals surface area contributed by atoms with Gasteiger partial charge in [-0.1, -0.05) is 20.8 Å². The van der Waals surface area contributed by atoms with Gasteiger partial charge in [0.2, 0.25) is 0 Å². The molecule has 0 saturated heterocycles. The van der Waals surface area contributed by atoms with E-state index in [0.29, 0.717) is 6.54 Å². The van der Waals surface area contributed by atoms with Gasteiger partial charge in [-0.15, -0.1) is 0 Å². The van der Waals surface area contributed by atoms with Crippen molar-refractivity contribution in [2.24, 2.45) is 11.1 Å². The fourth-order valence-electron chi connectivity index (χ4n) is 1.49. The summed E-state index contributed by atoms with van der Waals surface area (Å²) in [6.07, 6.45) is 3.74. The number of aromatic nitrogens is 2. The standard InChI is InChI=1S/C11H22N4/c1-11(2,3)8-15-10(13)9(7-14-15)5-4-6-12/h7H,4-6,8,12-13H2,1-3H3. The Balaban J connectivity index is 2.71. The average Bonchev–Trinajstić information content (AvgIpc) is 2.43. The van der Waals surface area contributed by atoms with Gasteiger partial charge in [0.1, 0.15) is 5.82 Å². The molecule has 0 aliphatic heterocycles. The maximum Gasteiger partial charge on any atom is 0.124 e. The van der Waals surface area contributed by atoms with Gasteiger partial charge >= 0.3 is 0 Å². The minimum absolute atomic E-state index is 0.200. The second kappa shape index (κ2) is 4.66. The fourth-order valence-corrected chi connectivity index (χ4v) is 1.49. The maximum atomic E-state index is 6.01. The highest BCUT2D eigenvalue weighted by atomic mass is 15.3. The lowest BCUT2D eigenvalue weighted by atomic mass is 9.97. The summed E-state index contributed by atoms with van der Waals surface area (Å²) in [5, 5.41) is 4.30. The quantitative estimate of drug-likeness (QED) is 0.789. The molecule has 1 aromatic rings. The Morgan fingerprint density at radius 1 is 1.40 bits per heavy atom. The van der Waals surface area contributed by atoms with E-state index in [9.17, 15) is 0 Å². The van der Waals surface area contributed by atoms with Gasteiger partial charge in [-0.3, -0.25) is 0 Å². The van der Waals surface area contributed by atoms with Gasteiger partial charge in [-0.05, 0) is 24.8 Å².